The van der Waals surface area contributed by atoms with Crippen molar-refractivity contribution in [1.82, 2.24) is 5.43 Å². The van der Waals surface area contributed by atoms with Crippen molar-refractivity contribution in [2.24, 2.45) is 5.84 Å². The minimum absolute atomic E-state index is 0.108. The van der Waals surface area contributed by atoms with Crippen molar-refractivity contribution in [3.8, 4) is 5.75 Å². The molecule has 0 aliphatic carbocycles. The first-order valence-electron chi connectivity index (χ1n) is 5.67. The van der Waals surface area contributed by atoms with Gasteiger partial charge in [-0.1, -0.05) is 0 Å². The monoisotopic (exact) mass is 295 g/mol. The predicted octanol–water partition coefficient (Wildman–Crippen LogP) is 1.51. The van der Waals surface area contributed by atoms with Crippen LogP contribution < -0.4 is 16.0 Å². The topological polar surface area (TPSA) is 121 Å². The van der Waals surface area contributed by atoms with Crippen LogP contribution in [0.3, 0.4) is 0 Å². The zero-order valence-electron chi connectivity index (χ0n) is 10.5. The number of rotatable bonds is 5. The molecule has 1 aromatic carbocycles. The maximum absolute atomic E-state index is 13.1. The fourth-order valence-corrected chi connectivity index (χ4v) is 1.63. The van der Waals surface area contributed by atoms with E-state index in [0.29, 0.717) is 0 Å². The lowest BCUT2D eigenvalue weighted by Gasteiger charge is -2.06. The first-order valence-corrected chi connectivity index (χ1v) is 5.67. The van der Waals surface area contributed by atoms with E-state index in [1.54, 1.807) is 0 Å². The Morgan fingerprint density at radius 1 is 1.48 bits per heavy atom. The number of nitro groups is 1. The van der Waals surface area contributed by atoms with E-state index < -0.39 is 22.3 Å². The summed E-state index contributed by atoms with van der Waals surface area (Å²) in [6.45, 7) is -0.292. The van der Waals surface area contributed by atoms with Crippen molar-refractivity contribution in [3.05, 3.63) is 57.8 Å². The number of nitro benzene ring substituents is 1. The van der Waals surface area contributed by atoms with E-state index in [2.05, 4.69) is 0 Å². The summed E-state index contributed by atoms with van der Waals surface area (Å²) in [5, 5.41) is 10.8. The largest absolute Gasteiger partial charge is 0.479 e. The Balaban J connectivity index is 2.21. The lowest BCUT2D eigenvalue weighted by atomic mass is 10.2. The van der Waals surface area contributed by atoms with E-state index in [0.717, 1.165) is 18.2 Å². The van der Waals surface area contributed by atoms with Crippen molar-refractivity contribution in [1.29, 1.82) is 0 Å². The van der Waals surface area contributed by atoms with Crippen LogP contribution in [0.2, 0.25) is 0 Å². The van der Waals surface area contributed by atoms with Crippen molar-refractivity contribution < 1.29 is 23.3 Å². The van der Waals surface area contributed by atoms with Crippen LogP contribution in [-0.2, 0) is 6.61 Å². The molecule has 3 N–H and O–H groups in total. The second-order valence-electron chi connectivity index (χ2n) is 3.89. The lowest BCUT2D eigenvalue weighted by Crippen LogP contribution is -2.30. The maximum atomic E-state index is 13.1. The van der Waals surface area contributed by atoms with Gasteiger partial charge in [0, 0.05) is 12.1 Å². The number of ether oxygens (including phenoxy) is 1. The Labute approximate surface area is 117 Å². The van der Waals surface area contributed by atoms with Crippen LogP contribution in [0.5, 0.6) is 5.75 Å². The second kappa shape index (κ2) is 6.01. The highest BCUT2D eigenvalue weighted by atomic mass is 19.1. The second-order valence-corrected chi connectivity index (χ2v) is 3.89. The van der Waals surface area contributed by atoms with Crippen molar-refractivity contribution in [3.63, 3.8) is 0 Å². The molecule has 0 spiro atoms. The zero-order valence-corrected chi connectivity index (χ0v) is 10.5. The number of halogens is 1. The maximum Gasteiger partial charge on any atom is 0.311 e. The van der Waals surface area contributed by atoms with Gasteiger partial charge >= 0.3 is 5.69 Å². The number of furan rings is 1. The third-order valence-electron chi connectivity index (χ3n) is 2.60. The number of carbonyl (C=O) groups excluding carboxylic acids is 1. The highest BCUT2D eigenvalue weighted by Gasteiger charge is 2.19. The van der Waals surface area contributed by atoms with Crippen LogP contribution in [-0.4, -0.2) is 10.8 Å². The SMILES string of the molecule is NNC(=O)c1ccoc1COc1cc(F)ccc1[N+](=O)[O-]. The summed E-state index contributed by atoms with van der Waals surface area (Å²) in [6, 6.07) is 4.18. The third-order valence-corrected chi connectivity index (χ3v) is 2.60. The number of hydrazine groups is 1. The number of carbonyl (C=O) groups is 1. The van der Waals surface area contributed by atoms with E-state index in [1.807, 2.05) is 5.43 Å². The first-order chi connectivity index (χ1) is 10.0. The highest BCUT2D eigenvalue weighted by Crippen LogP contribution is 2.28. The van der Waals surface area contributed by atoms with Crippen molar-refractivity contribution in [2.75, 3.05) is 0 Å². The molecule has 2 rings (SSSR count). The Kier molecular flexibility index (Phi) is 4.14. The number of nitrogens with zero attached hydrogens (tertiary/aromatic N) is 1. The van der Waals surface area contributed by atoms with Crippen molar-refractivity contribution in [2.45, 2.75) is 6.61 Å². The number of benzene rings is 1. The minimum atomic E-state index is -0.704. The van der Waals surface area contributed by atoms with Gasteiger partial charge in [-0.3, -0.25) is 20.3 Å². The number of nitrogens with two attached hydrogens (primary N) is 1. The Morgan fingerprint density at radius 3 is 2.90 bits per heavy atom. The summed E-state index contributed by atoms with van der Waals surface area (Å²) < 4.78 is 23.3. The summed E-state index contributed by atoms with van der Waals surface area (Å²) in [5.74, 6) is 3.56. The van der Waals surface area contributed by atoms with Crippen LogP contribution in [0.15, 0.2) is 34.9 Å². The molecule has 1 heterocycles. The summed E-state index contributed by atoms with van der Waals surface area (Å²) in [7, 11) is 0. The van der Waals surface area contributed by atoms with Gasteiger partial charge < -0.3 is 9.15 Å². The minimum Gasteiger partial charge on any atom is -0.479 e. The standard InChI is InChI=1S/C12H10FN3O5/c13-7-1-2-9(16(18)19)10(5-7)21-6-11-8(3-4-20-11)12(17)15-14/h1-5H,6,14H2,(H,15,17). The molecule has 9 heteroatoms. The Bertz CT molecular complexity index is 685. The molecule has 21 heavy (non-hydrogen) atoms. The summed E-state index contributed by atoms with van der Waals surface area (Å²) in [5.41, 5.74) is 1.65. The van der Waals surface area contributed by atoms with Crippen LogP contribution in [0, 0.1) is 15.9 Å². The number of nitrogen functional groups attached to an aromatic ring is 1. The summed E-state index contributed by atoms with van der Waals surface area (Å²) >= 11 is 0. The smallest absolute Gasteiger partial charge is 0.311 e. The number of hydrogen-bond donors (Lipinski definition) is 2. The van der Waals surface area contributed by atoms with Gasteiger partial charge in [-0.15, -0.1) is 0 Å². The lowest BCUT2D eigenvalue weighted by molar-refractivity contribution is -0.386. The molecule has 1 amide bonds. The van der Waals surface area contributed by atoms with E-state index in [9.17, 15) is 19.3 Å². The molecule has 0 atom stereocenters. The van der Waals surface area contributed by atoms with E-state index >= 15 is 0 Å². The molecule has 0 fully saturated rings. The molecule has 0 radical (unpaired) electrons. The third kappa shape index (κ3) is 3.15. The molecule has 0 aliphatic heterocycles. The average molecular weight is 295 g/mol. The highest BCUT2D eigenvalue weighted by molar-refractivity contribution is 5.94. The van der Waals surface area contributed by atoms with E-state index in [-0.39, 0.29) is 23.7 Å². The molecular formula is C12H10FN3O5. The molecule has 1 aromatic heterocycles. The Morgan fingerprint density at radius 2 is 2.24 bits per heavy atom. The van der Waals surface area contributed by atoms with Gasteiger partial charge in [-0.2, -0.15) is 0 Å². The van der Waals surface area contributed by atoms with Gasteiger partial charge in [0.2, 0.25) is 0 Å². The quantitative estimate of drug-likeness (QED) is 0.373. The number of nitrogens with one attached hydrogen (secondary N) is 1. The van der Waals surface area contributed by atoms with E-state index in [1.165, 1.54) is 12.3 Å². The number of amides is 1. The van der Waals surface area contributed by atoms with Crippen molar-refractivity contribution >= 4 is 11.6 Å². The molecular weight excluding hydrogens is 285 g/mol. The van der Waals surface area contributed by atoms with Gasteiger partial charge in [-0.25, -0.2) is 10.2 Å². The molecule has 110 valence electrons. The average Bonchev–Trinajstić information content (AvgIpc) is 2.92. The number of hydrogen-bond acceptors (Lipinski definition) is 6. The van der Waals surface area contributed by atoms with E-state index in [4.69, 9.17) is 15.0 Å². The predicted molar refractivity (Wildman–Crippen MR) is 67.7 cm³/mol. The molecule has 2 aromatic rings. The fraction of sp³-hybridized carbons (Fsp3) is 0.0833. The Hall–Kier alpha value is -2.94. The van der Waals surface area contributed by atoms with Gasteiger partial charge in [0.05, 0.1) is 16.7 Å². The van der Waals surface area contributed by atoms with Gasteiger partial charge in [0.15, 0.2) is 11.5 Å². The molecule has 8 nitrogen and oxygen atoms in total. The molecule has 0 saturated heterocycles. The molecule has 0 bridgehead atoms. The van der Waals surface area contributed by atoms with Crippen LogP contribution in [0.25, 0.3) is 0 Å². The molecule has 0 saturated carbocycles. The van der Waals surface area contributed by atoms with Crippen LogP contribution in [0.1, 0.15) is 16.1 Å². The van der Waals surface area contributed by atoms with Crippen LogP contribution in [0.4, 0.5) is 10.1 Å². The van der Waals surface area contributed by atoms with Crippen LogP contribution >= 0.6 is 0 Å². The molecule has 0 aliphatic rings. The van der Waals surface area contributed by atoms with Gasteiger partial charge in [0.25, 0.3) is 5.91 Å². The molecule has 0 unspecified atom stereocenters. The fourth-order valence-electron chi connectivity index (χ4n) is 1.63. The zero-order chi connectivity index (χ0) is 15.4. The first kappa shape index (κ1) is 14.5. The summed E-state index contributed by atoms with van der Waals surface area (Å²) in [6.07, 6.45) is 1.24. The summed E-state index contributed by atoms with van der Waals surface area (Å²) in [4.78, 5) is 21.5. The van der Waals surface area contributed by atoms with Gasteiger partial charge in [-0.05, 0) is 12.1 Å². The normalized spacial score (nSPS) is 10.2. The van der Waals surface area contributed by atoms with Gasteiger partial charge in [0.1, 0.15) is 12.4 Å².